The number of carbonyl (C=O) groups excluding carboxylic acids is 1. The summed E-state index contributed by atoms with van der Waals surface area (Å²) in [6, 6.07) is 9.30. The van der Waals surface area contributed by atoms with E-state index in [1.807, 2.05) is 30.3 Å². The standard InChI is InChI=1S/C9H8Br2O4S/c1-13-8(12)9(10,11)14-15-16-7-5-3-2-4-6-7/h2-6H,1H3. The van der Waals surface area contributed by atoms with Crippen LogP contribution in [-0.4, -0.2) is 16.5 Å². The third-order valence-corrected chi connectivity index (χ3v) is 2.95. The first kappa shape index (κ1) is 14.0. The lowest BCUT2D eigenvalue weighted by atomic mass is 10.4. The quantitative estimate of drug-likeness (QED) is 0.261. The van der Waals surface area contributed by atoms with Crippen LogP contribution in [0.1, 0.15) is 0 Å². The molecule has 0 unspecified atom stereocenters. The number of ether oxygens (including phenoxy) is 1. The van der Waals surface area contributed by atoms with Crippen molar-refractivity contribution in [3.05, 3.63) is 30.3 Å². The van der Waals surface area contributed by atoms with Crippen molar-refractivity contribution < 1.29 is 18.8 Å². The van der Waals surface area contributed by atoms with Gasteiger partial charge in [0.2, 0.25) is 0 Å². The summed E-state index contributed by atoms with van der Waals surface area (Å²) in [5.74, 6) is -0.652. The number of halogens is 2. The maximum absolute atomic E-state index is 11.1. The molecule has 1 aromatic rings. The molecule has 0 saturated carbocycles. The fraction of sp³-hybridized carbons (Fsp3) is 0.222. The van der Waals surface area contributed by atoms with Gasteiger partial charge in [-0.15, -0.1) is 0 Å². The van der Waals surface area contributed by atoms with Crippen LogP contribution in [0, 0.1) is 0 Å². The summed E-state index contributed by atoms with van der Waals surface area (Å²) in [6.45, 7) is 0. The smallest absolute Gasteiger partial charge is 0.364 e. The lowest BCUT2D eigenvalue weighted by Crippen LogP contribution is -2.28. The van der Waals surface area contributed by atoms with Gasteiger partial charge >= 0.3 is 9.39 Å². The molecule has 0 heterocycles. The highest BCUT2D eigenvalue weighted by atomic mass is 79.9. The molecule has 88 valence electrons. The van der Waals surface area contributed by atoms with E-state index in [1.165, 1.54) is 7.11 Å². The molecule has 4 nitrogen and oxygen atoms in total. The minimum absolute atomic E-state index is 0.652. The maximum Gasteiger partial charge on any atom is 0.364 e. The highest BCUT2D eigenvalue weighted by Crippen LogP contribution is 2.32. The Morgan fingerprint density at radius 1 is 1.31 bits per heavy atom. The first-order valence-electron chi connectivity index (χ1n) is 4.10. The molecule has 1 aromatic carbocycles. The summed E-state index contributed by atoms with van der Waals surface area (Å²) in [5.41, 5.74) is 0. The predicted octanol–water partition coefficient (Wildman–Crippen LogP) is 3.26. The van der Waals surface area contributed by atoms with Crippen LogP contribution in [0.4, 0.5) is 0 Å². The van der Waals surface area contributed by atoms with Gasteiger partial charge in [-0.25, -0.2) is 4.79 Å². The second-order valence-electron chi connectivity index (χ2n) is 2.56. The van der Waals surface area contributed by atoms with Crippen molar-refractivity contribution >= 4 is 49.9 Å². The molecular weight excluding hydrogens is 364 g/mol. The van der Waals surface area contributed by atoms with Gasteiger partial charge in [0, 0.05) is 4.90 Å². The normalized spacial score (nSPS) is 11.2. The molecule has 7 heteroatoms. The van der Waals surface area contributed by atoms with Crippen molar-refractivity contribution in [3.8, 4) is 0 Å². The zero-order chi connectivity index (χ0) is 12.0. The number of hydrogen-bond donors (Lipinski definition) is 0. The van der Waals surface area contributed by atoms with Gasteiger partial charge in [-0.2, -0.15) is 9.22 Å². The zero-order valence-electron chi connectivity index (χ0n) is 8.18. The summed E-state index contributed by atoms with van der Waals surface area (Å²) < 4.78 is 7.81. The SMILES string of the molecule is COC(=O)C(Br)(Br)OOSc1ccccc1. The van der Waals surface area contributed by atoms with Crippen LogP contribution in [0.15, 0.2) is 35.2 Å². The molecule has 16 heavy (non-hydrogen) atoms. The average Bonchev–Trinajstić information content (AvgIpc) is 2.29. The lowest BCUT2D eigenvalue weighted by Gasteiger charge is -2.15. The fourth-order valence-corrected chi connectivity index (χ4v) is 1.84. The second-order valence-corrected chi connectivity index (χ2v) is 6.63. The number of esters is 1. The van der Waals surface area contributed by atoms with Gasteiger partial charge in [0.05, 0.1) is 19.2 Å². The minimum atomic E-state index is -1.49. The number of alkyl halides is 2. The Hall–Kier alpha value is -0.0800. The van der Waals surface area contributed by atoms with Crippen LogP contribution in [0.5, 0.6) is 0 Å². The van der Waals surface area contributed by atoms with Crippen LogP contribution >= 0.6 is 43.9 Å². The molecule has 1 rings (SSSR count). The molecule has 0 aliphatic rings. The fourth-order valence-electron chi connectivity index (χ4n) is 0.728. The summed E-state index contributed by atoms with van der Waals surface area (Å²) >= 11 is 6.91. The summed E-state index contributed by atoms with van der Waals surface area (Å²) in [5, 5.41) is 0. The van der Waals surface area contributed by atoms with Crippen molar-refractivity contribution in [1.29, 1.82) is 0 Å². The molecule has 0 aromatic heterocycles. The second kappa shape index (κ2) is 6.61. The number of hydrogen-bond acceptors (Lipinski definition) is 5. The van der Waals surface area contributed by atoms with E-state index >= 15 is 0 Å². The van der Waals surface area contributed by atoms with Gasteiger partial charge in [0.1, 0.15) is 0 Å². The Morgan fingerprint density at radius 2 is 1.94 bits per heavy atom. The molecular formula is C9H8Br2O4S. The lowest BCUT2D eigenvalue weighted by molar-refractivity contribution is -0.220. The number of carbonyl (C=O) groups is 1. The largest absolute Gasteiger partial charge is 0.465 e. The van der Waals surface area contributed by atoms with E-state index in [4.69, 9.17) is 9.22 Å². The van der Waals surface area contributed by atoms with E-state index in [-0.39, 0.29) is 0 Å². The third kappa shape index (κ3) is 4.42. The number of rotatable bonds is 5. The van der Waals surface area contributed by atoms with Crippen molar-refractivity contribution in [3.63, 3.8) is 0 Å². The van der Waals surface area contributed by atoms with Crippen LogP contribution in [0.25, 0.3) is 0 Å². The van der Waals surface area contributed by atoms with Gasteiger partial charge in [0.25, 0.3) is 0 Å². The van der Waals surface area contributed by atoms with Crippen LogP contribution in [0.3, 0.4) is 0 Å². The Balaban J connectivity index is 2.38. The Kier molecular flexibility index (Phi) is 5.77. The van der Waals surface area contributed by atoms with Gasteiger partial charge in [0.15, 0.2) is 0 Å². The highest BCUT2D eigenvalue weighted by Gasteiger charge is 2.37. The first-order valence-corrected chi connectivity index (χ1v) is 6.42. The van der Waals surface area contributed by atoms with Gasteiger partial charge < -0.3 is 4.74 Å². The maximum atomic E-state index is 11.1. The molecule has 0 aliphatic heterocycles. The van der Waals surface area contributed by atoms with E-state index in [1.54, 1.807) is 0 Å². The Morgan fingerprint density at radius 3 is 2.50 bits per heavy atom. The van der Waals surface area contributed by atoms with Gasteiger partial charge in [-0.3, -0.25) is 0 Å². The van der Waals surface area contributed by atoms with Crippen molar-refractivity contribution in [2.75, 3.05) is 7.11 Å². The molecule has 0 spiro atoms. The van der Waals surface area contributed by atoms with Crippen LogP contribution in [-0.2, 0) is 18.8 Å². The van der Waals surface area contributed by atoms with E-state index in [2.05, 4.69) is 36.6 Å². The third-order valence-electron chi connectivity index (χ3n) is 1.44. The average molecular weight is 372 g/mol. The van der Waals surface area contributed by atoms with Crippen molar-refractivity contribution in [2.45, 2.75) is 8.32 Å². The molecule has 0 amide bonds. The summed E-state index contributed by atoms with van der Waals surface area (Å²) in [4.78, 5) is 16.8. The van der Waals surface area contributed by atoms with Crippen LogP contribution in [0.2, 0.25) is 0 Å². The Labute approximate surface area is 114 Å². The number of benzene rings is 1. The van der Waals surface area contributed by atoms with E-state index in [0.717, 1.165) is 16.9 Å². The van der Waals surface area contributed by atoms with Gasteiger partial charge in [-0.05, 0) is 44.0 Å². The minimum Gasteiger partial charge on any atom is -0.465 e. The molecule has 0 atom stereocenters. The molecule has 0 radical (unpaired) electrons. The predicted molar refractivity (Wildman–Crippen MR) is 67.1 cm³/mol. The molecule has 0 fully saturated rings. The summed E-state index contributed by atoms with van der Waals surface area (Å²) in [7, 11) is 1.24. The number of methoxy groups -OCH3 is 1. The van der Waals surface area contributed by atoms with Crippen molar-refractivity contribution in [1.82, 2.24) is 0 Å². The van der Waals surface area contributed by atoms with Gasteiger partial charge in [-0.1, -0.05) is 18.2 Å². The van der Waals surface area contributed by atoms with Crippen molar-refractivity contribution in [2.24, 2.45) is 0 Å². The summed E-state index contributed by atoms with van der Waals surface area (Å²) in [6.07, 6.45) is 0. The molecule has 0 bridgehead atoms. The molecule has 0 N–H and O–H groups in total. The van der Waals surface area contributed by atoms with E-state index in [9.17, 15) is 4.79 Å². The molecule has 0 aliphatic carbocycles. The topological polar surface area (TPSA) is 44.8 Å². The van der Waals surface area contributed by atoms with E-state index in [0.29, 0.717) is 0 Å². The monoisotopic (exact) mass is 370 g/mol. The zero-order valence-corrected chi connectivity index (χ0v) is 12.2. The first-order chi connectivity index (χ1) is 7.56. The van der Waals surface area contributed by atoms with Crippen LogP contribution < -0.4 is 0 Å². The molecule has 0 saturated heterocycles. The Bertz CT molecular complexity index is 345. The van der Waals surface area contributed by atoms with E-state index < -0.39 is 9.39 Å². The highest BCUT2D eigenvalue weighted by molar-refractivity contribution is 9.25.